The third kappa shape index (κ3) is 9.38. The molecule has 1 aliphatic carbocycles. The lowest BCUT2D eigenvalue weighted by Gasteiger charge is -2.22. The maximum Gasteiger partial charge on any atom is 0.573 e. The highest BCUT2D eigenvalue weighted by Crippen LogP contribution is 2.34. The van der Waals surface area contributed by atoms with Gasteiger partial charge < -0.3 is 20.3 Å². The Kier molecular flexibility index (Phi) is 11.2. The van der Waals surface area contributed by atoms with E-state index >= 15 is 0 Å². The molecular weight excluding hydrogens is 655 g/mol. The average Bonchev–Trinajstić information content (AvgIpc) is 3.05. The number of aliphatic hydroxyl groups is 1. The number of ketones is 2. The summed E-state index contributed by atoms with van der Waals surface area (Å²) in [6.07, 6.45) is 0.0241. The number of carboxylic acids is 1. The number of Topliss-reactive ketones (excluding diaryl/α,β-unsaturated/α-hetero) is 1. The number of ether oxygens (including phenoxy) is 1. The normalized spacial score (nSPS) is 15.0. The molecular formula is C34H32F3NO9S. The monoisotopic (exact) mass is 687 g/mol. The number of carbonyl (C=O) groups excluding carboxylic acids is 3. The van der Waals surface area contributed by atoms with Crippen LogP contribution in [0.15, 0.2) is 77.7 Å². The molecule has 1 fully saturated rings. The van der Waals surface area contributed by atoms with Gasteiger partial charge in [-0.2, -0.15) is 0 Å². The van der Waals surface area contributed by atoms with E-state index < -0.39 is 62.9 Å². The number of sulfone groups is 1. The van der Waals surface area contributed by atoms with Crippen LogP contribution >= 0.6 is 0 Å². The summed E-state index contributed by atoms with van der Waals surface area (Å²) in [7, 11) is -4.28. The van der Waals surface area contributed by atoms with Crippen LogP contribution in [-0.4, -0.2) is 67.3 Å². The topological polar surface area (TPSA) is 164 Å². The summed E-state index contributed by atoms with van der Waals surface area (Å²) in [6, 6.07) is 14.7. The molecule has 0 spiro atoms. The number of allylic oxidation sites excluding steroid dienone is 2. The molecule has 0 unspecified atom stereocenters. The second kappa shape index (κ2) is 14.9. The van der Waals surface area contributed by atoms with Gasteiger partial charge in [0.2, 0.25) is 0 Å². The fourth-order valence-electron chi connectivity index (χ4n) is 5.33. The van der Waals surface area contributed by atoms with Crippen LogP contribution in [0.1, 0.15) is 80.2 Å². The summed E-state index contributed by atoms with van der Waals surface area (Å²) in [5.74, 6) is -4.41. The number of benzene rings is 3. The number of halogens is 3. The van der Waals surface area contributed by atoms with E-state index in [9.17, 15) is 45.9 Å². The highest BCUT2D eigenvalue weighted by molar-refractivity contribution is 7.90. The van der Waals surface area contributed by atoms with Crippen LogP contribution in [0.2, 0.25) is 0 Å². The molecule has 10 nitrogen and oxygen atoms in total. The number of alkyl halides is 3. The first-order chi connectivity index (χ1) is 22.5. The van der Waals surface area contributed by atoms with Gasteiger partial charge in [0.15, 0.2) is 27.5 Å². The molecule has 0 aliphatic heterocycles. The zero-order valence-electron chi connectivity index (χ0n) is 25.6. The molecule has 48 heavy (non-hydrogen) atoms. The van der Waals surface area contributed by atoms with Crippen molar-refractivity contribution < 1.29 is 55.7 Å². The van der Waals surface area contributed by atoms with Gasteiger partial charge in [0.1, 0.15) is 10.6 Å². The first-order valence-electron chi connectivity index (χ1n) is 14.8. The van der Waals surface area contributed by atoms with Crippen molar-refractivity contribution in [2.24, 2.45) is 0 Å². The first-order valence-corrected chi connectivity index (χ1v) is 16.7. The van der Waals surface area contributed by atoms with Gasteiger partial charge in [-0.3, -0.25) is 14.4 Å². The molecule has 3 N–H and O–H groups in total. The number of aliphatic hydroxyl groups excluding tert-OH is 1. The van der Waals surface area contributed by atoms with Crippen molar-refractivity contribution in [1.82, 2.24) is 5.32 Å². The van der Waals surface area contributed by atoms with Gasteiger partial charge in [-0.05, 0) is 66.3 Å². The molecule has 0 saturated heterocycles. The van der Waals surface area contributed by atoms with Crippen LogP contribution in [0.4, 0.5) is 13.2 Å². The molecule has 1 amide bonds. The van der Waals surface area contributed by atoms with Crippen LogP contribution in [0.25, 0.3) is 5.57 Å². The molecule has 0 aromatic heterocycles. The standard InChI is InChI=1S/C34H32F3NO9S/c1-48(45,46)30-17-25(15-16-29(30)47-34(35,36)37)27(39)18-26(22-9-7-21(8-10-22)20-5-3-2-4-6-20)31(41)23-11-13-24(14-12-23)32(42)38-19-28(40)33(43)44/h7-18,20,28,40H,2-6,19H2,1H3,(H,38,42)(H,43,44)/b26-18-/t28-/m1/s1. The summed E-state index contributed by atoms with van der Waals surface area (Å²) in [6.45, 7) is -0.551. The lowest BCUT2D eigenvalue weighted by atomic mass is 9.83. The lowest BCUT2D eigenvalue weighted by Crippen LogP contribution is -2.36. The zero-order valence-corrected chi connectivity index (χ0v) is 26.4. The summed E-state index contributed by atoms with van der Waals surface area (Å²) >= 11 is 0. The van der Waals surface area contributed by atoms with E-state index in [0.717, 1.165) is 55.9 Å². The summed E-state index contributed by atoms with van der Waals surface area (Å²) in [5, 5.41) is 20.4. The quantitative estimate of drug-likeness (QED) is 0.168. The number of nitrogens with one attached hydrogen (secondary N) is 1. The van der Waals surface area contributed by atoms with E-state index in [1.54, 1.807) is 12.1 Å². The minimum Gasteiger partial charge on any atom is -0.479 e. The molecule has 14 heteroatoms. The number of carboxylic acid groups (broad SMARTS) is 1. The summed E-state index contributed by atoms with van der Waals surface area (Å²) in [5.41, 5.74) is 1.10. The minimum absolute atomic E-state index is 0.0528. The second-order valence-corrected chi connectivity index (χ2v) is 13.3. The summed E-state index contributed by atoms with van der Waals surface area (Å²) < 4.78 is 67.2. The van der Waals surface area contributed by atoms with Gasteiger partial charge in [0, 0.05) is 28.5 Å². The van der Waals surface area contributed by atoms with E-state index in [-0.39, 0.29) is 22.3 Å². The van der Waals surface area contributed by atoms with Crippen LogP contribution in [0, 0.1) is 0 Å². The van der Waals surface area contributed by atoms with E-state index in [1.165, 1.54) is 24.3 Å². The van der Waals surface area contributed by atoms with Crippen molar-refractivity contribution in [3.63, 3.8) is 0 Å². The Balaban J connectivity index is 1.70. The SMILES string of the molecule is CS(=O)(=O)c1cc(C(=O)/C=C(\C(=O)c2ccc(C(=O)NC[C@@H](O)C(=O)O)cc2)c2ccc(C3CCCCC3)cc2)ccc1OC(F)(F)F. The van der Waals surface area contributed by atoms with Gasteiger partial charge in [0.25, 0.3) is 5.91 Å². The smallest absolute Gasteiger partial charge is 0.479 e. The van der Waals surface area contributed by atoms with Crippen LogP contribution in [-0.2, 0) is 14.6 Å². The molecule has 1 saturated carbocycles. The van der Waals surface area contributed by atoms with Gasteiger partial charge in [0.05, 0.1) is 6.54 Å². The molecule has 3 aromatic carbocycles. The van der Waals surface area contributed by atoms with Crippen molar-refractivity contribution in [3.8, 4) is 5.75 Å². The number of carbonyl (C=O) groups is 4. The maximum absolute atomic E-state index is 13.8. The highest BCUT2D eigenvalue weighted by Gasteiger charge is 2.34. The second-order valence-electron chi connectivity index (χ2n) is 11.3. The van der Waals surface area contributed by atoms with Crippen molar-refractivity contribution in [2.75, 3.05) is 12.8 Å². The highest BCUT2D eigenvalue weighted by atomic mass is 32.2. The number of aliphatic carboxylic acids is 1. The van der Waals surface area contributed by atoms with Crippen molar-refractivity contribution in [1.29, 1.82) is 0 Å². The Labute approximate surface area is 274 Å². The molecule has 0 radical (unpaired) electrons. The Bertz CT molecular complexity index is 1830. The zero-order chi connectivity index (χ0) is 35.2. The first kappa shape index (κ1) is 36.0. The van der Waals surface area contributed by atoms with Crippen molar-refractivity contribution >= 4 is 38.9 Å². The maximum atomic E-state index is 13.8. The number of hydrogen-bond acceptors (Lipinski definition) is 8. The van der Waals surface area contributed by atoms with Crippen LogP contribution < -0.4 is 10.1 Å². The van der Waals surface area contributed by atoms with Gasteiger partial charge in [-0.15, -0.1) is 13.2 Å². The molecule has 3 aromatic rings. The molecule has 1 aliphatic rings. The van der Waals surface area contributed by atoms with E-state index in [2.05, 4.69) is 10.1 Å². The third-order valence-corrected chi connectivity index (χ3v) is 8.94. The average molecular weight is 688 g/mol. The fraction of sp³-hybridized carbons (Fsp3) is 0.294. The van der Waals surface area contributed by atoms with Gasteiger partial charge >= 0.3 is 12.3 Å². The Hall–Kier alpha value is -4.82. The van der Waals surface area contributed by atoms with E-state index in [4.69, 9.17) is 5.11 Å². The van der Waals surface area contributed by atoms with Gasteiger partial charge in [-0.1, -0.05) is 55.7 Å². The molecule has 0 heterocycles. The molecule has 1 atom stereocenters. The van der Waals surface area contributed by atoms with Gasteiger partial charge in [-0.25, -0.2) is 13.2 Å². The largest absolute Gasteiger partial charge is 0.573 e. The van der Waals surface area contributed by atoms with Crippen molar-refractivity contribution in [2.45, 2.75) is 55.4 Å². The Morgan fingerprint density at radius 1 is 0.896 bits per heavy atom. The number of amides is 1. The molecule has 0 bridgehead atoms. The number of rotatable bonds is 12. The Morgan fingerprint density at radius 2 is 1.46 bits per heavy atom. The molecule has 254 valence electrons. The lowest BCUT2D eigenvalue weighted by molar-refractivity contribution is -0.275. The summed E-state index contributed by atoms with van der Waals surface area (Å²) in [4.78, 5) is 49.7. The number of hydrogen-bond donors (Lipinski definition) is 3. The van der Waals surface area contributed by atoms with Crippen LogP contribution in [0.3, 0.4) is 0 Å². The third-order valence-electron chi connectivity index (χ3n) is 7.82. The van der Waals surface area contributed by atoms with E-state index in [0.29, 0.717) is 23.8 Å². The Morgan fingerprint density at radius 3 is 2.02 bits per heavy atom. The fourth-order valence-corrected chi connectivity index (χ4v) is 6.15. The predicted octanol–water partition coefficient (Wildman–Crippen LogP) is 5.36. The van der Waals surface area contributed by atoms with Crippen LogP contribution in [0.5, 0.6) is 5.75 Å². The van der Waals surface area contributed by atoms with Crippen molar-refractivity contribution in [3.05, 3.63) is 101 Å². The molecule has 4 rings (SSSR count). The predicted molar refractivity (Wildman–Crippen MR) is 168 cm³/mol. The van der Waals surface area contributed by atoms with E-state index in [1.807, 2.05) is 12.1 Å². The minimum atomic E-state index is -5.19.